The second-order valence-electron chi connectivity index (χ2n) is 4.35. The molecule has 0 saturated carbocycles. The highest BCUT2D eigenvalue weighted by molar-refractivity contribution is 6.61. The van der Waals surface area contributed by atoms with Crippen molar-refractivity contribution in [3.05, 3.63) is 59.2 Å². The average Bonchev–Trinajstić information content (AvgIpc) is 2.82. The van der Waals surface area contributed by atoms with Crippen LogP contribution in [0.25, 0.3) is 4.85 Å². The molecule has 1 heterocycles. The zero-order chi connectivity index (χ0) is 14.1. The van der Waals surface area contributed by atoms with Gasteiger partial charge in [-0.05, 0) is 35.3 Å². The van der Waals surface area contributed by atoms with Gasteiger partial charge in [-0.3, -0.25) is 0 Å². The third-order valence-corrected chi connectivity index (χ3v) is 3.05. The Bertz CT molecular complexity index is 714. The predicted octanol–water partition coefficient (Wildman–Crippen LogP) is 2.39. The minimum Gasteiger partial charge on any atom is -0.454 e. The molecule has 1 aliphatic rings. The number of fused-ring (bicyclic) bond motifs is 1. The molecule has 20 heavy (non-hydrogen) atoms. The monoisotopic (exact) mass is 269 g/mol. The van der Waals surface area contributed by atoms with Crippen molar-refractivity contribution in [2.24, 2.45) is 0 Å². The molecule has 0 atom stereocenters. The lowest BCUT2D eigenvalue weighted by molar-refractivity contribution is 0.275. The van der Waals surface area contributed by atoms with Crippen LogP contribution >= 0.6 is 0 Å². The van der Waals surface area contributed by atoms with Crippen molar-refractivity contribution in [3.8, 4) is 11.5 Å². The van der Waals surface area contributed by atoms with Gasteiger partial charge in [0.1, 0.15) is 5.75 Å². The molecule has 0 aliphatic carbocycles. The fourth-order valence-corrected chi connectivity index (χ4v) is 2.04. The second-order valence-corrected chi connectivity index (χ2v) is 4.35. The molecule has 1 N–H and O–H groups in total. The van der Waals surface area contributed by atoms with Crippen LogP contribution in [0.3, 0.4) is 0 Å². The highest BCUT2D eigenvalue weighted by Crippen LogP contribution is 2.28. The topological polar surface area (TPSA) is 43.0 Å². The lowest BCUT2D eigenvalue weighted by Gasteiger charge is -2.08. The maximum absolute atomic E-state index is 13.7. The van der Waals surface area contributed by atoms with E-state index in [4.69, 9.17) is 16.0 Å². The van der Waals surface area contributed by atoms with Gasteiger partial charge >= 0.3 is 7.12 Å². The Labute approximate surface area is 115 Å². The van der Waals surface area contributed by atoms with Crippen molar-refractivity contribution in [1.82, 2.24) is 0 Å². The third-order valence-electron chi connectivity index (χ3n) is 3.05. The summed E-state index contributed by atoms with van der Waals surface area (Å²) in [7, 11) is -0.909. The van der Waals surface area contributed by atoms with Crippen LogP contribution in [0.5, 0.6) is 11.5 Å². The lowest BCUT2D eigenvalue weighted by atomic mass is 9.80. The van der Waals surface area contributed by atoms with E-state index in [0.29, 0.717) is 17.8 Å². The van der Waals surface area contributed by atoms with Gasteiger partial charge in [-0.2, -0.15) is 0 Å². The number of nitrogens with zero attached hydrogens (tertiary/aromatic N) is 1. The number of hydrogen-bond acceptors (Lipinski definition) is 3. The van der Waals surface area contributed by atoms with E-state index in [2.05, 4.69) is 4.85 Å². The molecular weight excluding hydrogens is 260 g/mol. The Morgan fingerprint density at radius 1 is 1.30 bits per heavy atom. The summed E-state index contributed by atoms with van der Waals surface area (Å²) in [6.45, 7) is 7.11. The molecule has 0 radical (unpaired) electrons. The molecule has 2 aromatic carbocycles. The van der Waals surface area contributed by atoms with E-state index in [1.165, 1.54) is 12.1 Å². The van der Waals surface area contributed by atoms with Crippen molar-refractivity contribution in [2.45, 2.75) is 6.61 Å². The second kappa shape index (κ2) is 4.97. The predicted molar refractivity (Wildman–Crippen MR) is 71.6 cm³/mol. The highest BCUT2D eigenvalue weighted by atomic mass is 19.1. The number of hydrogen-bond donors (Lipinski definition) is 1. The van der Waals surface area contributed by atoms with Crippen LogP contribution in [0.15, 0.2) is 36.4 Å². The van der Waals surface area contributed by atoms with Crippen LogP contribution in [0, 0.1) is 12.4 Å². The summed E-state index contributed by atoms with van der Waals surface area (Å²) < 4.78 is 24.3. The summed E-state index contributed by atoms with van der Waals surface area (Å²) in [5.74, 6) is -0.0805. The maximum Gasteiger partial charge on any atom is 0.491 e. The maximum atomic E-state index is 13.7. The van der Waals surface area contributed by atoms with E-state index in [9.17, 15) is 9.41 Å². The van der Waals surface area contributed by atoms with Crippen LogP contribution in [-0.4, -0.2) is 12.1 Å². The molecule has 6 heteroatoms. The Morgan fingerprint density at radius 3 is 2.90 bits per heavy atom. The summed E-state index contributed by atoms with van der Waals surface area (Å²) >= 11 is 0. The molecule has 0 saturated heterocycles. The van der Waals surface area contributed by atoms with E-state index in [1.54, 1.807) is 18.2 Å². The molecule has 0 spiro atoms. The fourth-order valence-electron chi connectivity index (χ4n) is 2.04. The van der Waals surface area contributed by atoms with Gasteiger partial charge in [-0.1, -0.05) is 12.1 Å². The standard InChI is InChI=1S/C14H9BFNO3/c1-17-10-2-5-14(13(16)7-10)20-11-3-4-12-9(6-11)8-19-15(12)18/h2-7,18H,8H2. The van der Waals surface area contributed by atoms with Gasteiger partial charge in [0.25, 0.3) is 0 Å². The molecule has 3 rings (SSSR count). The van der Waals surface area contributed by atoms with Crippen LogP contribution in [-0.2, 0) is 11.3 Å². The molecule has 0 bridgehead atoms. The van der Waals surface area contributed by atoms with Gasteiger partial charge < -0.3 is 14.4 Å². The van der Waals surface area contributed by atoms with Crippen molar-refractivity contribution < 1.29 is 18.8 Å². The number of rotatable bonds is 2. The summed E-state index contributed by atoms with van der Waals surface area (Å²) in [6.07, 6.45) is 0. The van der Waals surface area contributed by atoms with E-state index >= 15 is 0 Å². The first kappa shape index (κ1) is 12.7. The first-order valence-electron chi connectivity index (χ1n) is 5.95. The van der Waals surface area contributed by atoms with Crippen molar-refractivity contribution in [2.75, 3.05) is 0 Å². The van der Waals surface area contributed by atoms with Gasteiger partial charge in [0.15, 0.2) is 17.3 Å². The van der Waals surface area contributed by atoms with E-state index in [-0.39, 0.29) is 11.4 Å². The van der Waals surface area contributed by atoms with E-state index in [0.717, 1.165) is 11.6 Å². The quantitative estimate of drug-likeness (QED) is 0.672. The third kappa shape index (κ3) is 2.25. The Morgan fingerprint density at radius 2 is 2.15 bits per heavy atom. The summed E-state index contributed by atoms with van der Waals surface area (Å²) in [5, 5.41) is 9.51. The summed E-state index contributed by atoms with van der Waals surface area (Å²) in [6, 6.07) is 9.07. The smallest absolute Gasteiger partial charge is 0.454 e. The van der Waals surface area contributed by atoms with Gasteiger partial charge in [-0.25, -0.2) is 9.24 Å². The Kier molecular flexibility index (Phi) is 3.14. The van der Waals surface area contributed by atoms with E-state index < -0.39 is 12.9 Å². The minimum atomic E-state index is -0.909. The Balaban J connectivity index is 1.87. The molecule has 98 valence electrons. The number of halogens is 1. The molecule has 0 amide bonds. The molecule has 4 nitrogen and oxygen atoms in total. The fraction of sp³-hybridized carbons (Fsp3) is 0.0714. The number of benzene rings is 2. The molecule has 0 unspecified atom stereocenters. The lowest BCUT2D eigenvalue weighted by Crippen LogP contribution is -2.27. The molecule has 2 aromatic rings. The van der Waals surface area contributed by atoms with Gasteiger partial charge in [-0.15, -0.1) is 0 Å². The zero-order valence-electron chi connectivity index (χ0n) is 10.3. The summed E-state index contributed by atoms with van der Waals surface area (Å²) in [5.41, 5.74) is 1.73. The highest BCUT2D eigenvalue weighted by Gasteiger charge is 2.27. The normalized spacial score (nSPS) is 12.9. The summed E-state index contributed by atoms with van der Waals surface area (Å²) in [4.78, 5) is 3.15. The van der Waals surface area contributed by atoms with Gasteiger partial charge in [0.2, 0.25) is 0 Å². The van der Waals surface area contributed by atoms with Crippen molar-refractivity contribution in [3.63, 3.8) is 0 Å². The van der Waals surface area contributed by atoms with Crippen LogP contribution in [0.1, 0.15) is 5.56 Å². The molecule has 0 fully saturated rings. The zero-order valence-corrected chi connectivity index (χ0v) is 10.3. The molecule has 1 aliphatic heterocycles. The van der Waals surface area contributed by atoms with Crippen molar-refractivity contribution >= 4 is 18.3 Å². The van der Waals surface area contributed by atoms with Gasteiger partial charge in [0.05, 0.1) is 13.2 Å². The van der Waals surface area contributed by atoms with Crippen LogP contribution in [0.4, 0.5) is 10.1 Å². The first-order valence-corrected chi connectivity index (χ1v) is 5.95. The Hall–Kier alpha value is -2.36. The van der Waals surface area contributed by atoms with Crippen LogP contribution < -0.4 is 10.2 Å². The van der Waals surface area contributed by atoms with Gasteiger partial charge in [0, 0.05) is 0 Å². The van der Waals surface area contributed by atoms with Crippen LogP contribution in [0.2, 0.25) is 0 Å². The number of ether oxygens (including phenoxy) is 1. The largest absolute Gasteiger partial charge is 0.491 e. The molecule has 0 aromatic heterocycles. The molecular formula is C14H9BFNO3. The van der Waals surface area contributed by atoms with Crippen molar-refractivity contribution in [1.29, 1.82) is 0 Å². The van der Waals surface area contributed by atoms with E-state index in [1.807, 2.05) is 0 Å². The minimum absolute atomic E-state index is 0.0526. The SMILES string of the molecule is [C-]#[N+]c1ccc(Oc2ccc3c(c2)COB3O)c(F)c1. The first-order chi connectivity index (χ1) is 9.67. The average molecular weight is 269 g/mol.